The number of aryl methyl sites for hydroxylation is 1. The highest BCUT2D eigenvalue weighted by molar-refractivity contribution is 7.88. The molecule has 0 bridgehead atoms. The maximum Gasteiger partial charge on any atom is 0.216 e. The van der Waals surface area contributed by atoms with Gasteiger partial charge in [-0.05, 0) is 36.1 Å². The monoisotopic (exact) mass is 390 g/mol. The first-order chi connectivity index (χ1) is 12.7. The Hall–Kier alpha value is -2.03. The van der Waals surface area contributed by atoms with Crippen molar-refractivity contribution >= 4 is 15.8 Å². The first-order valence-electron chi connectivity index (χ1n) is 9.06. The molecule has 0 amide bonds. The molecule has 2 N–H and O–H groups in total. The molecule has 1 aliphatic heterocycles. The number of hydrogen-bond donors (Lipinski definition) is 2. The van der Waals surface area contributed by atoms with Gasteiger partial charge in [0.1, 0.15) is 0 Å². The van der Waals surface area contributed by atoms with Gasteiger partial charge in [0.2, 0.25) is 10.0 Å². The fourth-order valence-corrected chi connectivity index (χ4v) is 4.55. The zero-order valence-electron chi connectivity index (χ0n) is 15.8. The largest absolute Gasteiger partial charge is 0.390 e. The average molecular weight is 391 g/mol. The number of sulfonamides is 1. The van der Waals surface area contributed by atoms with E-state index in [4.69, 9.17) is 0 Å². The molecule has 0 spiro atoms. The summed E-state index contributed by atoms with van der Waals surface area (Å²) in [7, 11) is -3.57. The number of aliphatic hydroxyl groups is 1. The van der Waals surface area contributed by atoms with Crippen molar-refractivity contribution in [3.63, 3.8) is 0 Å². The van der Waals surface area contributed by atoms with Crippen LogP contribution in [0.15, 0.2) is 36.4 Å². The van der Waals surface area contributed by atoms with Crippen molar-refractivity contribution in [2.45, 2.75) is 44.6 Å². The molecular weight excluding hydrogens is 364 g/mol. The summed E-state index contributed by atoms with van der Waals surface area (Å²) in [4.78, 5) is 1.84. The second-order valence-electron chi connectivity index (χ2n) is 7.38. The van der Waals surface area contributed by atoms with E-state index < -0.39 is 22.2 Å². The van der Waals surface area contributed by atoms with Crippen LogP contribution in [0.25, 0.3) is 0 Å². The molecule has 2 heterocycles. The summed E-state index contributed by atoms with van der Waals surface area (Å²) in [5.41, 5.74) is 2.70. The molecule has 0 saturated carbocycles. The minimum Gasteiger partial charge on any atom is -0.390 e. The third-order valence-corrected chi connectivity index (χ3v) is 6.11. The van der Waals surface area contributed by atoms with Crippen LogP contribution in [0, 0.1) is 6.92 Å². The third kappa shape index (κ3) is 5.03. The number of aromatic nitrogens is 2. The molecule has 1 fully saturated rings. The topological polar surface area (TPSA) is 95.4 Å². The first kappa shape index (κ1) is 19.7. The minimum absolute atomic E-state index is 0.112. The van der Waals surface area contributed by atoms with Gasteiger partial charge >= 0.3 is 0 Å². The predicted molar refractivity (Wildman–Crippen MR) is 105 cm³/mol. The summed E-state index contributed by atoms with van der Waals surface area (Å²) in [5, 5.41) is 18.4. The van der Waals surface area contributed by atoms with Gasteiger partial charge in [0, 0.05) is 13.1 Å². The molecule has 1 aromatic heterocycles. The molecule has 0 unspecified atom stereocenters. The van der Waals surface area contributed by atoms with Gasteiger partial charge in [0.25, 0.3) is 0 Å². The van der Waals surface area contributed by atoms with Gasteiger partial charge in [-0.1, -0.05) is 38.1 Å². The van der Waals surface area contributed by atoms with Gasteiger partial charge in [-0.25, -0.2) is 13.1 Å². The Kier molecular flexibility index (Phi) is 5.78. The summed E-state index contributed by atoms with van der Waals surface area (Å²) >= 11 is 0. The highest BCUT2D eigenvalue weighted by Crippen LogP contribution is 2.20. The molecule has 146 valence electrons. The molecule has 27 heavy (non-hydrogen) atoms. The van der Waals surface area contributed by atoms with Crippen molar-refractivity contribution in [1.29, 1.82) is 0 Å². The Morgan fingerprint density at radius 1 is 1.15 bits per heavy atom. The number of rotatable bonds is 6. The van der Waals surface area contributed by atoms with Gasteiger partial charge in [0.15, 0.2) is 5.82 Å². The highest BCUT2D eigenvalue weighted by atomic mass is 32.2. The van der Waals surface area contributed by atoms with Crippen molar-refractivity contribution in [2.75, 3.05) is 18.0 Å². The molecule has 2 aromatic rings. The van der Waals surface area contributed by atoms with Crippen molar-refractivity contribution in [3.8, 4) is 0 Å². The van der Waals surface area contributed by atoms with Gasteiger partial charge < -0.3 is 10.0 Å². The van der Waals surface area contributed by atoms with E-state index in [-0.39, 0.29) is 5.75 Å². The SMILES string of the molecule is Cc1ccc(N2C[C@@H](O)[C@H](NS(=O)(=O)Cc3ccc(C(C)C)cc3)C2)nn1. The van der Waals surface area contributed by atoms with Crippen molar-refractivity contribution < 1.29 is 13.5 Å². The van der Waals surface area contributed by atoms with Crippen LogP contribution in [0.2, 0.25) is 0 Å². The summed E-state index contributed by atoms with van der Waals surface area (Å²) in [6.07, 6.45) is -0.800. The fourth-order valence-electron chi connectivity index (χ4n) is 3.14. The second kappa shape index (κ2) is 7.92. The first-order valence-corrected chi connectivity index (χ1v) is 10.7. The van der Waals surface area contributed by atoms with E-state index in [1.807, 2.05) is 48.2 Å². The van der Waals surface area contributed by atoms with Crippen molar-refractivity contribution in [3.05, 3.63) is 53.2 Å². The summed E-state index contributed by atoms with van der Waals surface area (Å²) < 4.78 is 27.7. The summed E-state index contributed by atoms with van der Waals surface area (Å²) in [6.45, 7) is 6.70. The van der Waals surface area contributed by atoms with E-state index in [9.17, 15) is 13.5 Å². The standard InChI is InChI=1S/C19H26N4O3S/c1-13(2)16-7-5-15(6-8-16)12-27(25,26)22-17-10-23(11-18(17)24)19-9-4-14(3)20-21-19/h4-9,13,17-18,22,24H,10-12H2,1-3H3/t17-,18-/m1/s1. The molecule has 7 nitrogen and oxygen atoms in total. The third-order valence-electron chi connectivity index (χ3n) is 4.73. The average Bonchev–Trinajstić information content (AvgIpc) is 2.95. The summed E-state index contributed by atoms with van der Waals surface area (Å²) in [5.74, 6) is 0.919. The number of β-amino-alcohol motifs (C(OH)–C–C–N with tert-alkyl or cyclic N) is 1. The van der Waals surface area contributed by atoms with E-state index in [0.29, 0.717) is 24.8 Å². The number of anilines is 1. The maximum atomic E-state index is 12.5. The van der Waals surface area contributed by atoms with Crippen molar-refractivity contribution in [1.82, 2.24) is 14.9 Å². The van der Waals surface area contributed by atoms with E-state index >= 15 is 0 Å². The van der Waals surface area contributed by atoms with Gasteiger partial charge in [-0.3, -0.25) is 0 Å². The Balaban J connectivity index is 1.63. The van der Waals surface area contributed by atoms with Crippen LogP contribution in [0.3, 0.4) is 0 Å². The fraction of sp³-hybridized carbons (Fsp3) is 0.474. The van der Waals surface area contributed by atoms with Crippen LogP contribution in [0.1, 0.15) is 36.6 Å². The van der Waals surface area contributed by atoms with E-state index in [1.54, 1.807) is 0 Å². The Labute approximate surface area is 160 Å². The predicted octanol–water partition coefficient (Wildman–Crippen LogP) is 1.58. The van der Waals surface area contributed by atoms with E-state index in [0.717, 1.165) is 11.3 Å². The number of hydrogen-bond acceptors (Lipinski definition) is 6. The number of nitrogens with one attached hydrogen (secondary N) is 1. The van der Waals surface area contributed by atoms with E-state index in [1.165, 1.54) is 5.56 Å². The Morgan fingerprint density at radius 3 is 2.44 bits per heavy atom. The van der Waals surface area contributed by atoms with Crippen LogP contribution in [0.5, 0.6) is 0 Å². The van der Waals surface area contributed by atoms with Crippen LogP contribution in [0.4, 0.5) is 5.82 Å². The summed E-state index contributed by atoms with van der Waals surface area (Å²) in [6, 6.07) is 10.7. The molecule has 8 heteroatoms. The van der Waals surface area contributed by atoms with Gasteiger partial charge in [0.05, 0.1) is 23.6 Å². The van der Waals surface area contributed by atoms with Gasteiger partial charge in [-0.2, -0.15) is 5.10 Å². The zero-order valence-corrected chi connectivity index (χ0v) is 16.6. The molecule has 1 saturated heterocycles. The highest BCUT2D eigenvalue weighted by Gasteiger charge is 2.35. The molecular formula is C19H26N4O3S. The lowest BCUT2D eigenvalue weighted by molar-refractivity contribution is 0.174. The molecule has 3 rings (SSSR count). The molecule has 0 radical (unpaired) electrons. The smallest absolute Gasteiger partial charge is 0.216 e. The van der Waals surface area contributed by atoms with E-state index in [2.05, 4.69) is 28.8 Å². The Bertz CT molecular complexity index is 867. The lowest BCUT2D eigenvalue weighted by atomic mass is 10.0. The minimum atomic E-state index is -3.57. The zero-order chi connectivity index (χ0) is 19.6. The molecule has 1 aliphatic rings. The lowest BCUT2D eigenvalue weighted by Crippen LogP contribution is -2.43. The quantitative estimate of drug-likeness (QED) is 0.778. The number of benzene rings is 1. The van der Waals surface area contributed by atoms with Crippen molar-refractivity contribution in [2.24, 2.45) is 0 Å². The van der Waals surface area contributed by atoms with Crippen LogP contribution < -0.4 is 9.62 Å². The number of aliphatic hydroxyl groups excluding tert-OH is 1. The van der Waals surface area contributed by atoms with Crippen LogP contribution in [-0.4, -0.2) is 49.0 Å². The molecule has 2 atom stereocenters. The maximum absolute atomic E-state index is 12.5. The molecule has 1 aromatic carbocycles. The lowest BCUT2D eigenvalue weighted by Gasteiger charge is -2.17. The number of nitrogens with zero attached hydrogens (tertiary/aromatic N) is 3. The molecule has 0 aliphatic carbocycles. The van der Waals surface area contributed by atoms with Crippen LogP contribution in [-0.2, 0) is 15.8 Å². The normalized spacial score (nSPS) is 20.4. The van der Waals surface area contributed by atoms with Crippen LogP contribution >= 0.6 is 0 Å². The Morgan fingerprint density at radius 2 is 1.85 bits per heavy atom. The second-order valence-corrected chi connectivity index (χ2v) is 9.14. The van der Waals surface area contributed by atoms with Gasteiger partial charge in [-0.15, -0.1) is 5.10 Å².